The molecule has 3 aromatic carbocycles. The number of rotatable bonds is 6. The van der Waals surface area contributed by atoms with Crippen molar-refractivity contribution in [2.45, 2.75) is 71.4 Å². The summed E-state index contributed by atoms with van der Waals surface area (Å²) in [7, 11) is 0. The lowest BCUT2D eigenvalue weighted by atomic mass is 9.88. The Balaban J connectivity index is 1.64. The minimum atomic E-state index is -0.760. The van der Waals surface area contributed by atoms with Gasteiger partial charge in [-0.1, -0.05) is 50.2 Å². The van der Waals surface area contributed by atoms with Crippen LogP contribution in [0.3, 0.4) is 0 Å². The Kier molecular flexibility index (Phi) is 7.11. The van der Waals surface area contributed by atoms with Gasteiger partial charge in [0.15, 0.2) is 0 Å². The highest BCUT2D eigenvalue weighted by molar-refractivity contribution is 6.51. The molecule has 1 amide bonds. The van der Waals surface area contributed by atoms with Crippen molar-refractivity contribution in [2.75, 3.05) is 4.90 Å². The van der Waals surface area contributed by atoms with Crippen molar-refractivity contribution in [3.05, 3.63) is 100 Å². The van der Waals surface area contributed by atoms with Crippen molar-refractivity contribution < 1.29 is 19.4 Å². The maximum Gasteiger partial charge on any atom is 0.300 e. The molecule has 1 fully saturated rings. The molecule has 5 heteroatoms. The molecule has 1 N–H and O–H groups in total. The molecule has 0 saturated carbocycles. The van der Waals surface area contributed by atoms with Gasteiger partial charge in [-0.25, -0.2) is 0 Å². The number of Topliss-reactive ketones (excluding diaryl/α,β-unsaturated/α-hetero) is 1. The second kappa shape index (κ2) is 10.5. The number of hydrogen-bond acceptors (Lipinski definition) is 4. The third kappa shape index (κ3) is 4.85. The van der Waals surface area contributed by atoms with Gasteiger partial charge in [0.05, 0.1) is 17.7 Å². The lowest BCUT2D eigenvalue weighted by Crippen LogP contribution is -2.29. The number of hydrogen-bond donors (Lipinski definition) is 1. The minimum Gasteiger partial charge on any atom is -0.507 e. The van der Waals surface area contributed by atoms with Gasteiger partial charge >= 0.3 is 0 Å². The maximum absolute atomic E-state index is 13.5. The van der Waals surface area contributed by atoms with Crippen LogP contribution in [0.25, 0.3) is 5.76 Å². The minimum absolute atomic E-state index is 0.0231. The molecular formula is C33H35NO4. The van der Waals surface area contributed by atoms with Gasteiger partial charge in [0.2, 0.25) is 0 Å². The van der Waals surface area contributed by atoms with Crippen molar-refractivity contribution in [2.24, 2.45) is 0 Å². The summed E-state index contributed by atoms with van der Waals surface area (Å²) < 4.78 is 5.81. The zero-order valence-electron chi connectivity index (χ0n) is 22.5. The third-order valence-corrected chi connectivity index (χ3v) is 7.47. The van der Waals surface area contributed by atoms with E-state index in [1.54, 1.807) is 0 Å². The SMILES string of the molecule is CC(C)Oc1ccc(C2/C(=C(/O)c3ccc4c(c3)CCCC4)C(=O)C(=O)N2c2ccc(C(C)C)cc2)cc1. The molecule has 5 nitrogen and oxygen atoms in total. The molecule has 0 spiro atoms. The lowest BCUT2D eigenvalue weighted by Gasteiger charge is -2.26. The molecule has 0 radical (unpaired) electrons. The topological polar surface area (TPSA) is 66.8 Å². The molecule has 3 aromatic rings. The first-order valence-corrected chi connectivity index (χ1v) is 13.5. The van der Waals surface area contributed by atoms with Crippen LogP contribution >= 0.6 is 0 Å². The largest absolute Gasteiger partial charge is 0.507 e. The number of carbonyl (C=O) groups is 2. The van der Waals surface area contributed by atoms with Gasteiger partial charge in [-0.05, 0) is 98.0 Å². The van der Waals surface area contributed by atoms with E-state index in [2.05, 4.69) is 13.8 Å². The first-order chi connectivity index (χ1) is 18.2. The number of ketones is 1. The highest BCUT2D eigenvalue weighted by Gasteiger charge is 2.47. The van der Waals surface area contributed by atoms with E-state index in [-0.39, 0.29) is 17.4 Å². The summed E-state index contributed by atoms with van der Waals surface area (Å²) in [4.78, 5) is 28.5. The molecule has 1 atom stereocenters. The van der Waals surface area contributed by atoms with Crippen LogP contribution in [0.1, 0.15) is 80.3 Å². The van der Waals surface area contributed by atoms with Crippen molar-refractivity contribution in [1.82, 2.24) is 0 Å². The van der Waals surface area contributed by atoms with Crippen molar-refractivity contribution in [3.8, 4) is 5.75 Å². The molecule has 1 aliphatic carbocycles. The molecule has 0 aromatic heterocycles. The molecule has 1 unspecified atom stereocenters. The molecule has 1 saturated heterocycles. The van der Waals surface area contributed by atoms with Crippen LogP contribution in [0.2, 0.25) is 0 Å². The Bertz CT molecular complexity index is 1380. The van der Waals surface area contributed by atoms with Crippen LogP contribution < -0.4 is 9.64 Å². The first kappa shape index (κ1) is 25.8. The highest BCUT2D eigenvalue weighted by Crippen LogP contribution is 2.43. The van der Waals surface area contributed by atoms with Crippen molar-refractivity contribution in [1.29, 1.82) is 0 Å². The van der Waals surface area contributed by atoms with E-state index in [0.29, 0.717) is 22.9 Å². The standard InChI is InChI=1S/C33H35NO4/c1-20(2)22-11-15-27(16-12-22)34-30(24-13-17-28(18-14-24)38-21(3)4)29(32(36)33(34)37)31(35)26-10-9-23-7-5-6-8-25(23)19-26/h9-21,30,35H,5-8H2,1-4H3/b31-29-. The number of anilines is 1. The van der Waals surface area contributed by atoms with E-state index in [0.717, 1.165) is 36.8 Å². The normalized spacial score (nSPS) is 18.8. The summed E-state index contributed by atoms with van der Waals surface area (Å²) in [5, 5.41) is 11.6. The van der Waals surface area contributed by atoms with Crippen LogP contribution in [0.5, 0.6) is 5.75 Å². The Labute approximate surface area is 224 Å². The summed E-state index contributed by atoms with van der Waals surface area (Å²) in [6, 6.07) is 20.3. The molecule has 2 aliphatic rings. The Morgan fingerprint density at radius 1 is 0.868 bits per heavy atom. The molecule has 1 heterocycles. The van der Waals surface area contributed by atoms with Gasteiger partial charge in [0.1, 0.15) is 11.5 Å². The number of ether oxygens (including phenoxy) is 1. The fraction of sp³-hybridized carbons (Fsp3) is 0.333. The molecular weight excluding hydrogens is 474 g/mol. The highest BCUT2D eigenvalue weighted by atomic mass is 16.5. The Morgan fingerprint density at radius 3 is 2.16 bits per heavy atom. The fourth-order valence-corrected chi connectivity index (χ4v) is 5.47. The molecule has 5 rings (SSSR count). The summed E-state index contributed by atoms with van der Waals surface area (Å²) >= 11 is 0. The molecule has 38 heavy (non-hydrogen) atoms. The van der Waals surface area contributed by atoms with Gasteiger partial charge in [-0.2, -0.15) is 0 Å². The van der Waals surface area contributed by atoms with Crippen LogP contribution in [0.15, 0.2) is 72.3 Å². The number of aryl methyl sites for hydroxylation is 2. The second-order valence-electron chi connectivity index (χ2n) is 10.8. The van der Waals surface area contributed by atoms with Gasteiger partial charge in [-0.3, -0.25) is 14.5 Å². The van der Waals surface area contributed by atoms with Crippen LogP contribution in [-0.2, 0) is 22.4 Å². The van der Waals surface area contributed by atoms with Crippen molar-refractivity contribution >= 4 is 23.1 Å². The smallest absolute Gasteiger partial charge is 0.300 e. The number of aliphatic hydroxyl groups excluding tert-OH is 1. The van der Waals surface area contributed by atoms with Gasteiger partial charge in [0.25, 0.3) is 11.7 Å². The number of benzene rings is 3. The van der Waals surface area contributed by atoms with E-state index < -0.39 is 17.7 Å². The summed E-state index contributed by atoms with van der Waals surface area (Å²) in [5.41, 5.74) is 5.66. The van der Waals surface area contributed by atoms with Crippen LogP contribution in [0.4, 0.5) is 5.69 Å². The number of aliphatic hydroxyl groups is 1. The van der Waals surface area contributed by atoms with Crippen LogP contribution in [-0.4, -0.2) is 22.9 Å². The first-order valence-electron chi connectivity index (χ1n) is 13.5. The van der Waals surface area contributed by atoms with Gasteiger partial charge in [-0.15, -0.1) is 0 Å². The quantitative estimate of drug-likeness (QED) is 0.219. The Hall–Kier alpha value is -3.86. The molecule has 0 bridgehead atoms. The summed E-state index contributed by atoms with van der Waals surface area (Å²) in [6.07, 6.45) is 4.27. The fourth-order valence-electron chi connectivity index (χ4n) is 5.47. The average molecular weight is 510 g/mol. The third-order valence-electron chi connectivity index (χ3n) is 7.47. The summed E-state index contributed by atoms with van der Waals surface area (Å²) in [6.45, 7) is 8.14. The Morgan fingerprint density at radius 2 is 1.53 bits per heavy atom. The van der Waals surface area contributed by atoms with Gasteiger partial charge < -0.3 is 9.84 Å². The average Bonchev–Trinajstić information content (AvgIpc) is 3.18. The number of amides is 1. The van der Waals surface area contributed by atoms with Crippen molar-refractivity contribution in [3.63, 3.8) is 0 Å². The maximum atomic E-state index is 13.5. The van der Waals surface area contributed by atoms with E-state index in [1.165, 1.54) is 16.0 Å². The second-order valence-corrected chi connectivity index (χ2v) is 10.8. The van der Waals surface area contributed by atoms with E-state index in [4.69, 9.17) is 4.74 Å². The lowest BCUT2D eigenvalue weighted by molar-refractivity contribution is -0.132. The predicted molar refractivity (Wildman–Crippen MR) is 151 cm³/mol. The van der Waals surface area contributed by atoms with Gasteiger partial charge in [0, 0.05) is 11.3 Å². The van der Waals surface area contributed by atoms with E-state index in [1.807, 2.05) is 80.6 Å². The predicted octanol–water partition coefficient (Wildman–Crippen LogP) is 7.10. The van der Waals surface area contributed by atoms with E-state index >= 15 is 0 Å². The zero-order chi connectivity index (χ0) is 27.0. The van der Waals surface area contributed by atoms with E-state index in [9.17, 15) is 14.7 Å². The monoisotopic (exact) mass is 509 g/mol. The number of carbonyl (C=O) groups excluding carboxylic acids is 2. The number of fused-ring (bicyclic) bond motifs is 1. The molecule has 196 valence electrons. The number of nitrogens with zero attached hydrogens (tertiary/aromatic N) is 1. The zero-order valence-corrected chi connectivity index (χ0v) is 22.5. The molecule has 1 aliphatic heterocycles. The summed E-state index contributed by atoms with van der Waals surface area (Å²) in [5.74, 6) is -0.412. The van der Waals surface area contributed by atoms with Crippen LogP contribution in [0, 0.1) is 0 Å².